The smallest absolute Gasteiger partial charge is 0.134 e. The molecule has 3 N–H and O–H groups in total. The van der Waals surface area contributed by atoms with Crippen molar-refractivity contribution in [1.29, 1.82) is 0 Å². The summed E-state index contributed by atoms with van der Waals surface area (Å²) in [6.45, 7) is 4.68. The van der Waals surface area contributed by atoms with E-state index < -0.39 is 0 Å². The summed E-state index contributed by atoms with van der Waals surface area (Å²) in [6.07, 6.45) is 0. The van der Waals surface area contributed by atoms with Crippen LogP contribution in [0.4, 0.5) is 0 Å². The maximum absolute atomic E-state index is 5.91. The van der Waals surface area contributed by atoms with Gasteiger partial charge in [-0.15, -0.1) is 0 Å². The third-order valence-corrected chi connectivity index (χ3v) is 3.87. The van der Waals surface area contributed by atoms with Gasteiger partial charge in [0.05, 0.1) is 6.04 Å². The molecule has 0 aliphatic carbocycles. The van der Waals surface area contributed by atoms with Gasteiger partial charge < -0.3 is 15.1 Å². The number of likely N-dealkylation sites (N-methyl/N-ethyl adjacent to an activating group) is 1. The molecule has 5 heteroatoms. The number of hydrogen-bond acceptors (Lipinski definition) is 5. The summed E-state index contributed by atoms with van der Waals surface area (Å²) in [7, 11) is 2.15. The van der Waals surface area contributed by atoms with E-state index in [2.05, 4.69) is 34.5 Å². The van der Waals surface area contributed by atoms with Crippen molar-refractivity contribution >= 4 is 11.0 Å². The molecule has 2 aromatic rings. The highest BCUT2D eigenvalue weighted by molar-refractivity contribution is 5.77. The summed E-state index contributed by atoms with van der Waals surface area (Å²) in [5.74, 6) is 0.910. The van der Waals surface area contributed by atoms with Gasteiger partial charge in [0.1, 0.15) is 11.3 Å². The van der Waals surface area contributed by atoms with Crippen molar-refractivity contribution in [3.05, 3.63) is 36.1 Å². The number of piperazine rings is 1. The molecular formula is C15H22N4O. The highest BCUT2D eigenvalue weighted by atomic mass is 16.3. The van der Waals surface area contributed by atoms with Crippen LogP contribution >= 0.6 is 0 Å². The van der Waals surface area contributed by atoms with Gasteiger partial charge in [-0.25, -0.2) is 10.4 Å². The van der Waals surface area contributed by atoms with Gasteiger partial charge >= 0.3 is 0 Å². The molecule has 1 unspecified atom stereocenters. The van der Waals surface area contributed by atoms with Crippen molar-refractivity contribution in [3.63, 3.8) is 0 Å². The van der Waals surface area contributed by atoms with Crippen LogP contribution in [0.5, 0.6) is 0 Å². The quantitative estimate of drug-likeness (QED) is 0.877. The molecule has 5 nitrogen and oxygen atoms in total. The molecule has 20 heavy (non-hydrogen) atoms. The molecule has 0 spiro atoms. The molecule has 1 atom stereocenters. The third kappa shape index (κ3) is 2.86. The first-order valence-corrected chi connectivity index (χ1v) is 7.14. The fourth-order valence-electron chi connectivity index (χ4n) is 2.56. The normalized spacial score (nSPS) is 19.5. The Labute approximate surface area is 119 Å². The van der Waals surface area contributed by atoms with Gasteiger partial charge in [-0.1, -0.05) is 18.2 Å². The summed E-state index contributed by atoms with van der Waals surface area (Å²) >= 11 is 0. The molecule has 1 aliphatic rings. The monoisotopic (exact) mass is 274 g/mol. The summed E-state index contributed by atoms with van der Waals surface area (Å²) in [6, 6.07) is 10.2. The van der Waals surface area contributed by atoms with Crippen LogP contribution in [-0.2, 0) is 0 Å². The van der Waals surface area contributed by atoms with Crippen LogP contribution in [0.25, 0.3) is 11.0 Å². The first-order valence-electron chi connectivity index (χ1n) is 7.14. The van der Waals surface area contributed by atoms with Crippen molar-refractivity contribution in [3.8, 4) is 0 Å². The number of hydrogen-bond donors (Lipinski definition) is 2. The van der Waals surface area contributed by atoms with E-state index in [9.17, 15) is 0 Å². The summed E-state index contributed by atoms with van der Waals surface area (Å²) in [4.78, 5) is 2.33. The van der Waals surface area contributed by atoms with E-state index in [4.69, 9.17) is 10.2 Å². The van der Waals surface area contributed by atoms with E-state index in [0.29, 0.717) is 6.54 Å². The minimum Gasteiger partial charge on any atom is -0.459 e. The van der Waals surface area contributed by atoms with Gasteiger partial charge in [-0.3, -0.25) is 0 Å². The van der Waals surface area contributed by atoms with Crippen molar-refractivity contribution in [1.82, 2.24) is 15.3 Å². The number of rotatable bonds is 4. The summed E-state index contributed by atoms with van der Waals surface area (Å²) in [5.41, 5.74) is 10.3. The number of nitrogens with one attached hydrogen (secondary N) is 1. The van der Waals surface area contributed by atoms with Crippen LogP contribution in [0.3, 0.4) is 0 Å². The Hall–Kier alpha value is -1.40. The second-order valence-electron chi connectivity index (χ2n) is 5.39. The van der Waals surface area contributed by atoms with Crippen molar-refractivity contribution in [2.45, 2.75) is 6.04 Å². The average Bonchev–Trinajstić information content (AvgIpc) is 2.90. The Morgan fingerprint density at radius 2 is 2.00 bits per heavy atom. The van der Waals surface area contributed by atoms with E-state index in [0.717, 1.165) is 42.9 Å². The maximum Gasteiger partial charge on any atom is 0.134 e. The van der Waals surface area contributed by atoms with E-state index in [1.54, 1.807) is 0 Å². The fraction of sp³-hybridized carbons (Fsp3) is 0.467. The topological polar surface area (TPSA) is 57.7 Å². The highest BCUT2D eigenvalue weighted by Gasteiger charge is 2.20. The Bertz CT molecular complexity index is 527. The molecule has 1 aliphatic heterocycles. The lowest BCUT2D eigenvalue weighted by Gasteiger charge is -2.34. The molecule has 1 aromatic heterocycles. The molecule has 108 valence electrons. The van der Waals surface area contributed by atoms with Gasteiger partial charge in [0.2, 0.25) is 0 Å². The van der Waals surface area contributed by atoms with Gasteiger partial charge in [0.15, 0.2) is 0 Å². The standard InChI is InChI=1S/C15H22N4O/c1-18-6-8-19(9-7-18)17-13(11-16)15-10-12-4-2-3-5-14(12)20-15/h2-5,10,13,17H,6-9,11,16H2,1H3. The lowest BCUT2D eigenvalue weighted by atomic mass is 10.2. The first kappa shape index (κ1) is 13.6. The van der Waals surface area contributed by atoms with Crippen LogP contribution in [-0.4, -0.2) is 49.7 Å². The molecule has 3 rings (SSSR count). The predicted molar refractivity (Wildman–Crippen MR) is 80.2 cm³/mol. The second-order valence-corrected chi connectivity index (χ2v) is 5.39. The van der Waals surface area contributed by atoms with Crippen LogP contribution in [0.2, 0.25) is 0 Å². The average molecular weight is 274 g/mol. The minimum absolute atomic E-state index is 0.0332. The van der Waals surface area contributed by atoms with E-state index >= 15 is 0 Å². The number of hydrazine groups is 1. The van der Waals surface area contributed by atoms with E-state index in [1.807, 2.05) is 18.2 Å². The van der Waals surface area contributed by atoms with Crippen LogP contribution < -0.4 is 11.2 Å². The summed E-state index contributed by atoms with van der Waals surface area (Å²) < 4.78 is 5.90. The Kier molecular flexibility index (Phi) is 4.03. The largest absolute Gasteiger partial charge is 0.459 e. The molecule has 0 radical (unpaired) electrons. The number of nitrogens with zero attached hydrogens (tertiary/aromatic N) is 2. The SMILES string of the molecule is CN1CCN(NC(CN)c2cc3ccccc3o2)CC1. The second kappa shape index (κ2) is 5.93. The van der Waals surface area contributed by atoms with Crippen LogP contribution in [0.1, 0.15) is 11.8 Å². The van der Waals surface area contributed by atoms with Crippen molar-refractivity contribution in [2.24, 2.45) is 5.73 Å². The Morgan fingerprint density at radius 3 is 2.70 bits per heavy atom. The lowest BCUT2D eigenvalue weighted by molar-refractivity contribution is 0.0840. The Balaban J connectivity index is 1.72. The number of benzene rings is 1. The molecule has 0 saturated carbocycles. The third-order valence-electron chi connectivity index (χ3n) is 3.87. The predicted octanol–water partition coefficient (Wildman–Crippen LogP) is 1.18. The molecule has 1 aromatic carbocycles. The van der Waals surface area contributed by atoms with Crippen molar-refractivity contribution < 1.29 is 4.42 Å². The zero-order valence-corrected chi connectivity index (χ0v) is 11.9. The van der Waals surface area contributed by atoms with E-state index in [-0.39, 0.29) is 6.04 Å². The number of nitrogens with two attached hydrogens (primary N) is 1. The number of furan rings is 1. The zero-order chi connectivity index (χ0) is 13.9. The Morgan fingerprint density at radius 1 is 1.25 bits per heavy atom. The van der Waals surface area contributed by atoms with Gasteiger partial charge in [0.25, 0.3) is 0 Å². The molecular weight excluding hydrogens is 252 g/mol. The van der Waals surface area contributed by atoms with E-state index in [1.165, 1.54) is 0 Å². The van der Waals surface area contributed by atoms with Gasteiger partial charge in [-0.05, 0) is 19.2 Å². The molecule has 1 fully saturated rings. The summed E-state index contributed by atoms with van der Waals surface area (Å²) in [5, 5.41) is 3.37. The first-order chi connectivity index (χ1) is 9.76. The van der Waals surface area contributed by atoms with Crippen LogP contribution in [0, 0.1) is 0 Å². The zero-order valence-electron chi connectivity index (χ0n) is 11.9. The number of para-hydroxylation sites is 1. The molecule has 0 amide bonds. The van der Waals surface area contributed by atoms with Gasteiger partial charge in [0, 0.05) is 38.1 Å². The van der Waals surface area contributed by atoms with Gasteiger partial charge in [-0.2, -0.15) is 0 Å². The minimum atomic E-state index is 0.0332. The van der Waals surface area contributed by atoms with Crippen LogP contribution in [0.15, 0.2) is 34.7 Å². The molecule has 1 saturated heterocycles. The molecule has 2 heterocycles. The molecule has 0 bridgehead atoms. The lowest BCUT2D eigenvalue weighted by Crippen LogP contribution is -2.52. The van der Waals surface area contributed by atoms with Crippen molar-refractivity contribution in [2.75, 3.05) is 39.8 Å². The number of fused-ring (bicyclic) bond motifs is 1. The highest BCUT2D eigenvalue weighted by Crippen LogP contribution is 2.23. The fourth-order valence-corrected chi connectivity index (χ4v) is 2.56. The maximum atomic E-state index is 5.91.